The summed E-state index contributed by atoms with van der Waals surface area (Å²) in [7, 11) is 0. The predicted octanol–water partition coefficient (Wildman–Crippen LogP) is 5.01. The van der Waals surface area contributed by atoms with Crippen LogP contribution in [-0.2, 0) is 11.3 Å². The van der Waals surface area contributed by atoms with Gasteiger partial charge in [-0.3, -0.25) is 0 Å². The first-order valence-electron chi connectivity index (χ1n) is 9.32. The first-order valence-corrected chi connectivity index (χ1v) is 11.5. The molecule has 2 unspecified atom stereocenters. The highest BCUT2D eigenvalue weighted by Gasteiger charge is 2.38. The maximum absolute atomic E-state index is 10.6. The predicted molar refractivity (Wildman–Crippen MR) is 117 cm³/mol. The number of alkyl halides is 3. The summed E-state index contributed by atoms with van der Waals surface area (Å²) in [5, 5.41) is 7.12. The lowest BCUT2D eigenvalue weighted by Gasteiger charge is -2.20. The summed E-state index contributed by atoms with van der Waals surface area (Å²) in [6, 6.07) is 20.2. The zero-order valence-electron chi connectivity index (χ0n) is 16.5. The van der Waals surface area contributed by atoms with Gasteiger partial charge in [-0.1, -0.05) is 54.4 Å². The van der Waals surface area contributed by atoms with Gasteiger partial charge in [-0.2, -0.15) is 13.2 Å². The SMILES string of the molecule is CSN1CC(c2ccccc2)CC1CSc1cccc(CN)c1.O=C(O)C(F)(F)F. The Hall–Kier alpha value is -1.68. The number of benzene rings is 2. The van der Waals surface area contributed by atoms with Gasteiger partial charge in [0.15, 0.2) is 0 Å². The van der Waals surface area contributed by atoms with Crippen LogP contribution in [0, 0.1) is 0 Å². The molecule has 0 amide bonds. The number of rotatable bonds is 6. The molecule has 0 bridgehead atoms. The van der Waals surface area contributed by atoms with Crippen molar-refractivity contribution < 1.29 is 23.1 Å². The summed E-state index contributed by atoms with van der Waals surface area (Å²) in [5.74, 6) is -0.963. The van der Waals surface area contributed by atoms with Crippen LogP contribution in [0.2, 0.25) is 0 Å². The van der Waals surface area contributed by atoms with Crippen LogP contribution in [0.1, 0.15) is 23.5 Å². The van der Waals surface area contributed by atoms with Gasteiger partial charge in [0, 0.05) is 29.8 Å². The van der Waals surface area contributed by atoms with Crippen LogP contribution in [0.5, 0.6) is 0 Å². The number of hydrogen-bond donors (Lipinski definition) is 2. The van der Waals surface area contributed by atoms with E-state index in [9.17, 15) is 13.2 Å². The molecule has 0 aliphatic carbocycles. The van der Waals surface area contributed by atoms with Gasteiger partial charge < -0.3 is 10.8 Å². The van der Waals surface area contributed by atoms with Crippen molar-refractivity contribution in [1.82, 2.24) is 4.31 Å². The summed E-state index contributed by atoms with van der Waals surface area (Å²) in [5.41, 5.74) is 8.43. The number of hydrogen-bond acceptors (Lipinski definition) is 5. The van der Waals surface area contributed by atoms with Crippen molar-refractivity contribution in [3.8, 4) is 0 Å². The van der Waals surface area contributed by atoms with Gasteiger partial charge in [-0.15, -0.1) is 11.8 Å². The Morgan fingerprint density at radius 1 is 1.20 bits per heavy atom. The molecule has 1 saturated heterocycles. The van der Waals surface area contributed by atoms with E-state index in [1.165, 1.54) is 22.4 Å². The molecule has 0 spiro atoms. The molecule has 2 aromatic rings. The summed E-state index contributed by atoms with van der Waals surface area (Å²) in [6.45, 7) is 1.77. The van der Waals surface area contributed by atoms with Crippen LogP contribution in [-0.4, -0.2) is 46.2 Å². The monoisotopic (exact) mass is 458 g/mol. The van der Waals surface area contributed by atoms with Crippen molar-refractivity contribution in [2.24, 2.45) is 5.73 Å². The Morgan fingerprint density at radius 2 is 1.87 bits per heavy atom. The number of carbonyl (C=O) groups is 1. The molecule has 0 saturated carbocycles. The van der Waals surface area contributed by atoms with E-state index < -0.39 is 12.1 Å². The molecule has 1 aliphatic heterocycles. The maximum Gasteiger partial charge on any atom is 0.490 e. The van der Waals surface area contributed by atoms with Crippen LogP contribution in [0.25, 0.3) is 0 Å². The molecule has 4 nitrogen and oxygen atoms in total. The van der Waals surface area contributed by atoms with E-state index in [0.717, 1.165) is 12.3 Å². The molecule has 1 heterocycles. The molecule has 30 heavy (non-hydrogen) atoms. The van der Waals surface area contributed by atoms with E-state index in [1.54, 1.807) is 0 Å². The normalized spacial score (nSPS) is 19.2. The number of thioether (sulfide) groups is 1. The topological polar surface area (TPSA) is 66.6 Å². The van der Waals surface area contributed by atoms with Crippen molar-refractivity contribution in [2.45, 2.75) is 36.0 Å². The third kappa shape index (κ3) is 7.54. The quantitative estimate of drug-likeness (QED) is 0.469. The molecule has 2 aromatic carbocycles. The molecule has 1 fully saturated rings. The third-order valence-corrected chi connectivity index (χ3v) is 6.74. The lowest BCUT2D eigenvalue weighted by atomic mass is 9.97. The van der Waals surface area contributed by atoms with Crippen molar-refractivity contribution >= 4 is 29.7 Å². The Labute approximate surface area is 183 Å². The highest BCUT2D eigenvalue weighted by atomic mass is 32.2. The number of carboxylic acid groups (broad SMARTS) is 1. The second-order valence-electron chi connectivity index (χ2n) is 6.74. The van der Waals surface area contributed by atoms with Gasteiger partial charge >= 0.3 is 12.1 Å². The highest BCUT2D eigenvalue weighted by Crippen LogP contribution is 2.37. The molecule has 0 radical (unpaired) electrons. The van der Waals surface area contributed by atoms with Crippen LogP contribution in [0.3, 0.4) is 0 Å². The number of nitrogens with zero attached hydrogens (tertiary/aromatic N) is 1. The Balaban J connectivity index is 0.000000396. The molecule has 0 aromatic heterocycles. The van der Waals surface area contributed by atoms with E-state index in [-0.39, 0.29) is 0 Å². The van der Waals surface area contributed by atoms with Crippen LogP contribution in [0.4, 0.5) is 13.2 Å². The Bertz CT molecular complexity index is 806. The maximum atomic E-state index is 10.6. The summed E-state index contributed by atoms with van der Waals surface area (Å²) in [4.78, 5) is 10.2. The molecular formula is C21H25F3N2O2S2. The fourth-order valence-electron chi connectivity index (χ4n) is 3.18. The average molecular weight is 459 g/mol. The largest absolute Gasteiger partial charge is 0.490 e. The molecule has 3 rings (SSSR count). The standard InChI is InChI=1S/C19H24N2S2.C2HF3O2/c1-22-21-13-17(16-7-3-2-4-8-16)11-18(21)14-23-19-9-5-6-15(10-19)12-20;3-2(4,5)1(6)7/h2-10,17-18H,11-14,20H2,1H3;(H,6,7). The first kappa shape index (κ1) is 24.6. The summed E-state index contributed by atoms with van der Waals surface area (Å²) in [6.07, 6.45) is -1.64. The van der Waals surface area contributed by atoms with Crippen molar-refractivity contribution in [1.29, 1.82) is 0 Å². The fourth-order valence-corrected chi connectivity index (χ4v) is 5.18. The van der Waals surface area contributed by atoms with Gasteiger partial charge in [0.05, 0.1) is 0 Å². The Kier molecular flexibility index (Phi) is 9.54. The smallest absolute Gasteiger partial charge is 0.475 e. The third-order valence-electron chi connectivity index (χ3n) is 4.69. The number of nitrogens with two attached hydrogens (primary N) is 1. The average Bonchev–Trinajstić information content (AvgIpc) is 3.16. The van der Waals surface area contributed by atoms with Gasteiger partial charge in [0.2, 0.25) is 0 Å². The first-order chi connectivity index (χ1) is 14.2. The highest BCUT2D eigenvalue weighted by molar-refractivity contribution is 7.99. The number of carboxylic acids is 1. The minimum absolute atomic E-state index is 0.616. The van der Waals surface area contributed by atoms with Gasteiger partial charge in [0.1, 0.15) is 0 Å². The zero-order chi connectivity index (χ0) is 22.1. The molecule has 164 valence electrons. The molecule has 9 heteroatoms. The minimum Gasteiger partial charge on any atom is -0.475 e. The van der Waals surface area contributed by atoms with Crippen molar-refractivity contribution in [3.05, 3.63) is 65.7 Å². The van der Waals surface area contributed by atoms with Gasteiger partial charge in [-0.25, -0.2) is 9.10 Å². The van der Waals surface area contributed by atoms with E-state index >= 15 is 0 Å². The Morgan fingerprint density at radius 3 is 2.43 bits per heavy atom. The van der Waals surface area contributed by atoms with Gasteiger partial charge in [-0.05, 0) is 41.9 Å². The van der Waals surface area contributed by atoms with Crippen molar-refractivity contribution in [2.75, 3.05) is 18.6 Å². The van der Waals surface area contributed by atoms with Crippen LogP contribution < -0.4 is 5.73 Å². The van der Waals surface area contributed by atoms with E-state index in [1.807, 2.05) is 23.7 Å². The van der Waals surface area contributed by atoms with Crippen LogP contribution >= 0.6 is 23.7 Å². The van der Waals surface area contributed by atoms with E-state index in [2.05, 4.69) is 65.2 Å². The fraction of sp³-hybridized carbons (Fsp3) is 0.381. The van der Waals surface area contributed by atoms with Crippen LogP contribution in [0.15, 0.2) is 59.5 Å². The van der Waals surface area contributed by atoms with E-state index in [0.29, 0.717) is 18.5 Å². The lowest BCUT2D eigenvalue weighted by Crippen LogP contribution is -2.24. The molecule has 3 N–H and O–H groups in total. The lowest BCUT2D eigenvalue weighted by molar-refractivity contribution is -0.192. The molecule has 2 atom stereocenters. The summed E-state index contributed by atoms with van der Waals surface area (Å²) >= 11 is 3.83. The molecular weight excluding hydrogens is 433 g/mol. The summed E-state index contributed by atoms with van der Waals surface area (Å²) < 4.78 is 34.3. The number of aliphatic carboxylic acids is 1. The van der Waals surface area contributed by atoms with Crippen molar-refractivity contribution in [3.63, 3.8) is 0 Å². The second kappa shape index (κ2) is 11.6. The number of halogens is 3. The second-order valence-corrected chi connectivity index (χ2v) is 8.67. The van der Waals surface area contributed by atoms with Gasteiger partial charge in [0.25, 0.3) is 0 Å². The zero-order valence-corrected chi connectivity index (χ0v) is 18.1. The minimum atomic E-state index is -5.08. The molecule has 1 aliphatic rings. The van der Waals surface area contributed by atoms with E-state index in [4.69, 9.17) is 15.6 Å².